The summed E-state index contributed by atoms with van der Waals surface area (Å²) in [5.74, 6) is -0.394. The minimum absolute atomic E-state index is 0.157. The molecule has 4 nitrogen and oxygen atoms in total. The largest absolute Gasteiger partial charge is 0.348 e. The number of hydrogen-bond donors (Lipinski definition) is 1. The van der Waals surface area contributed by atoms with E-state index in [1.165, 1.54) is 6.07 Å². The summed E-state index contributed by atoms with van der Waals surface area (Å²) >= 11 is 0. The van der Waals surface area contributed by atoms with Gasteiger partial charge in [0.05, 0.1) is 11.3 Å². The maximum Gasteiger partial charge on any atom is 0.255 e. The molecule has 1 heterocycles. The SMILES string of the molecule is Cc1cc(CNC(=O)c2c(C)nn(C)c2C)ccc1F. The lowest BCUT2D eigenvalue weighted by atomic mass is 10.1. The second-order valence-corrected chi connectivity index (χ2v) is 4.94. The number of rotatable bonds is 3. The van der Waals surface area contributed by atoms with E-state index in [0.29, 0.717) is 23.4 Å². The number of amides is 1. The van der Waals surface area contributed by atoms with Gasteiger partial charge in [-0.25, -0.2) is 4.39 Å². The van der Waals surface area contributed by atoms with Crippen molar-refractivity contribution < 1.29 is 9.18 Å². The van der Waals surface area contributed by atoms with Crippen LogP contribution in [-0.2, 0) is 13.6 Å². The van der Waals surface area contributed by atoms with Gasteiger partial charge in [-0.1, -0.05) is 12.1 Å². The number of halogens is 1. The van der Waals surface area contributed by atoms with E-state index in [1.54, 1.807) is 23.7 Å². The fraction of sp³-hybridized carbons (Fsp3) is 0.333. The van der Waals surface area contributed by atoms with Crippen LogP contribution in [0.25, 0.3) is 0 Å². The zero-order valence-electron chi connectivity index (χ0n) is 12.1. The van der Waals surface area contributed by atoms with E-state index in [4.69, 9.17) is 0 Å². The molecule has 106 valence electrons. The van der Waals surface area contributed by atoms with Gasteiger partial charge in [0.25, 0.3) is 5.91 Å². The average molecular weight is 275 g/mol. The van der Waals surface area contributed by atoms with Crippen molar-refractivity contribution in [3.63, 3.8) is 0 Å². The Kier molecular flexibility index (Phi) is 3.88. The molecule has 0 atom stereocenters. The van der Waals surface area contributed by atoms with Crippen molar-refractivity contribution in [2.45, 2.75) is 27.3 Å². The molecule has 1 amide bonds. The normalized spacial score (nSPS) is 10.7. The fourth-order valence-electron chi connectivity index (χ4n) is 2.19. The van der Waals surface area contributed by atoms with Crippen LogP contribution in [0.15, 0.2) is 18.2 Å². The maximum absolute atomic E-state index is 13.2. The molecule has 0 aliphatic rings. The monoisotopic (exact) mass is 275 g/mol. The zero-order valence-corrected chi connectivity index (χ0v) is 12.1. The fourth-order valence-corrected chi connectivity index (χ4v) is 2.19. The number of hydrogen-bond acceptors (Lipinski definition) is 2. The summed E-state index contributed by atoms with van der Waals surface area (Å²) in [7, 11) is 1.81. The molecule has 5 heteroatoms. The molecule has 0 radical (unpaired) electrons. The van der Waals surface area contributed by atoms with Gasteiger partial charge < -0.3 is 5.32 Å². The van der Waals surface area contributed by atoms with Gasteiger partial charge in [0.2, 0.25) is 0 Å². The second kappa shape index (κ2) is 5.45. The molecular formula is C15H18FN3O. The number of carbonyl (C=O) groups excluding carboxylic acids is 1. The third kappa shape index (κ3) is 2.71. The highest BCUT2D eigenvalue weighted by Gasteiger charge is 2.16. The Morgan fingerprint density at radius 3 is 2.60 bits per heavy atom. The van der Waals surface area contributed by atoms with Gasteiger partial charge in [-0.15, -0.1) is 0 Å². The Hall–Kier alpha value is -2.17. The van der Waals surface area contributed by atoms with Crippen LogP contribution in [0.3, 0.4) is 0 Å². The van der Waals surface area contributed by atoms with E-state index in [0.717, 1.165) is 11.3 Å². The Morgan fingerprint density at radius 2 is 2.05 bits per heavy atom. The molecule has 0 bridgehead atoms. The van der Waals surface area contributed by atoms with Gasteiger partial charge in [-0.05, 0) is 38.0 Å². The Balaban J connectivity index is 2.10. The quantitative estimate of drug-likeness (QED) is 0.935. The molecule has 0 saturated heterocycles. The molecule has 0 unspecified atom stereocenters. The topological polar surface area (TPSA) is 46.9 Å². The highest BCUT2D eigenvalue weighted by atomic mass is 19.1. The molecule has 0 aliphatic heterocycles. The van der Waals surface area contributed by atoms with Crippen LogP contribution in [0.1, 0.15) is 32.9 Å². The molecule has 1 N–H and O–H groups in total. The molecule has 0 aliphatic carbocycles. The number of carbonyl (C=O) groups is 1. The van der Waals surface area contributed by atoms with Crippen LogP contribution in [0.2, 0.25) is 0 Å². The summed E-state index contributed by atoms with van der Waals surface area (Å²) in [6.07, 6.45) is 0. The van der Waals surface area contributed by atoms with E-state index in [-0.39, 0.29) is 11.7 Å². The first-order valence-corrected chi connectivity index (χ1v) is 6.43. The first-order valence-electron chi connectivity index (χ1n) is 6.43. The highest BCUT2D eigenvalue weighted by molar-refractivity contribution is 5.96. The van der Waals surface area contributed by atoms with Gasteiger partial charge in [0, 0.05) is 19.3 Å². The molecule has 20 heavy (non-hydrogen) atoms. The lowest BCUT2D eigenvalue weighted by molar-refractivity contribution is 0.0949. The van der Waals surface area contributed by atoms with Crippen LogP contribution in [-0.4, -0.2) is 15.7 Å². The number of nitrogens with zero attached hydrogens (tertiary/aromatic N) is 2. The van der Waals surface area contributed by atoms with E-state index in [1.807, 2.05) is 20.9 Å². The smallest absolute Gasteiger partial charge is 0.255 e. The maximum atomic E-state index is 13.2. The molecule has 0 fully saturated rings. The summed E-state index contributed by atoms with van der Waals surface area (Å²) in [5.41, 5.74) is 3.58. The molecule has 2 rings (SSSR count). The van der Waals surface area contributed by atoms with Gasteiger partial charge in [0.1, 0.15) is 5.82 Å². The third-order valence-electron chi connectivity index (χ3n) is 3.41. The standard InChI is InChI=1S/C15H18FN3O/c1-9-7-12(5-6-13(9)16)8-17-15(20)14-10(2)18-19(4)11(14)3/h5-7H,8H2,1-4H3,(H,17,20). The lowest BCUT2D eigenvalue weighted by Crippen LogP contribution is -2.24. The van der Waals surface area contributed by atoms with Crippen LogP contribution >= 0.6 is 0 Å². The summed E-state index contributed by atoms with van der Waals surface area (Å²) in [4.78, 5) is 12.2. The predicted octanol–water partition coefficient (Wildman–Crippen LogP) is 2.41. The number of nitrogens with one attached hydrogen (secondary N) is 1. The van der Waals surface area contributed by atoms with Crippen molar-refractivity contribution in [1.82, 2.24) is 15.1 Å². The van der Waals surface area contributed by atoms with Crippen LogP contribution in [0.4, 0.5) is 4.39 Å². The molecule has 1 aromatic carbocycles. The van der Waals surface area contributed by atoms with E-state index in [9.17, 15) is 9.18 Å². The van der Waals surface area contributed by atoms with E-state index < -0.39 is 0 Å². The van der Waals surface area contributed by atoms with Crippen molar-refractivity contribution >= 4 is 5.91 Å². The lowest BCUT2D eigenvalue weighted by Gasteiger charge is -2.07. The average Bonchev–Trinajstić information content (AvgIpc) is 2.64. The number of aromatic nitrogens is 2. The second-order valence-electron chi connectivity index (χ2n) is 4.94. The van der Waals surface area contributed by atoms with E-state index >= 15 is 0 Å². The predicted molar refractivity (Wildman–Crippen MR) is 75.0 cm³/mol. The third-order valence-corrected chi connectivity index (χ3v) is 3.41. The first kappa shape index (κ1) is 14.2. The summed E-state index contributed by atoms with van der Waals surface area (Å²) < 4.78 is 14.9. The van der Waals surface area contributed by atoms with Crippen molar-refractivity contribution in [1.29, 1.82) is 0 Å². The van der Waals surface area contributed by atoms with Gasteiger partial charge >= 0.3 is 0 Å². The Labute approximate surface area is 117 Å². The minimum Gasteiger partial charge on any atom is -0.348 e. The molecule has 2 aromatic rings. The Morgan fingerprint density at radius 1 is 1.35 bits per heavy atom. The van der Waals surface area contributed by atoms with Crippen molar-refractivity contribution in [3.8, 4) is 0 Å². The number of benzene rings is 1. The van der Waals surface area contributed by atoms with Crippen LogP contribution in [0.5, 0.6) is 0 Å². The summed E-state index contributed by atoms with van der Waals surface area (Å²) in [6.45, 7) is 5.74. The zero-order chi connectivity index (χ0) is 14.9. The van der Waals surface area contributed by atoms with Crippen molar-refractivity contribution in [3.05, 3.63) is 52.1 Å². The molecule has 0 spiro atoms. The highest BCUT2D eigenvalue weighted by Crippen LogP contribution is 2.13. The molecule has 1 aromatic heterocycles. The summed E-state index contributed by atoms with van der Waals surface area (Å²) in [6, 6.07) is 4.82. The van der Waals surface area contributed by atoms with Gasteiger partial charge in [0.15, 0.2) is 0 Å². The van der Waals surface area contributed by atoms with Gasteiger partial charge in [-0.3, -0.25) is 9.48 Å². The van der Waals surface area contributed by atoms with Crippen molar-refractivity contribution in [2.24, 2.45) is 7.05 Å². The van der Waals surface area contributed by atoms with E-state index in [2.05, 4.69) is 10.4 Å². The Bertz CT molecular complexity index is 661. The number of aryl methyl sites for hydroxylation is 3. The molecule has 0 saturated carbocycles. The van der Waals surface area contributed by atoms with Gasteiger partial charge in [-0.2, -0.15) is 5.10 Å². The van der Waals surface area contributed by atoms with Crippen LogP contribution in [0, 0.1) is 26.6 Å². The first-order chi connectivity index (χ1) is 9.40. The van der Waals surface area contributed by atoms with Crippen LogP contribution < -0.4 is 5.32 Å². The van der Waals surface area contributed by atoms with Crippen molar-refractivity contribution in [2.75, 3.05) is 0 Å². The summed E-state index contributed by atoms with van der Waals surface area (Å²) in [5, 5.41) is 7.06. The minimum atomic E-state index is -0.237. The molecular weight excluding hydrogens is 257 g/mol.